The molecule has 5 heteroatoms. The van der Waals surface area contributed by atoms with Gasteiger partial charge in [0.05, 0.1) is 0 Å². The molecule has 1 aromatic rings. The Morgan fingerprint density at radius 1 is 0.861 bits per heavy atom. The molecule has 0 aliphatic rings. The zero-order chi connectivity index (χ0) is 25.9. The Bertz CT molecular complexity index is 676. The highest BCUT2D eigenvalue weighted by Crippen LogP contribution is 2.08. The Hall–Kier alpha value is -1.56. The lowest BCUT2D eigenvalue weighted by molar-refractivity contribution is -0.697. The number of nitrogens with two attached hydrogens (primary N) is 1. The van der Waals surface area contributed by atoms with Crippen LogP contribution in [-0.4, -0.2) is 46.2 Å². The first kappa shape index (κ1) is 32.5. The van der Waals surface area contributed by atoms with Gasteiger partial charge in [-0.05, 0) is 76.0 Å². The van der Waals surface area contributed by atoms with E-state index in [9.17, 15) is 0 Å². The molecular formula is C31H56N3O2+. The molecular weight excluding hydrogens is 446 g/mol. The number of ether oxygens (including phenoxy) is 2. The maximum Gasteiger partial charge on any atom is 0.171 e. The lowest BCUT2D eigenvalue weighted by Crippen LogP contribution is -2.33. The Morgan fingerprint density at radius 3 is 2.19 bits per heavy atom. The molecule has 0 unspecified atom stereocenters. The van der Waals surface area contributed by atoms with E-state index < -0.39 is 0 Å². The molecule has 0 radical (unpaired) electrons. The predicted octanol–water partition coefficient (Wildman–Crippen LogP) is 6.62. The van der Waals surface area contributed by atoms with Gasteiger partial charge >= 0.3 is 0 Å². The molecule has 2 N–H and O–H groups in total. The van der Waals surface area contributed by atoms with Crippen molar-refractivity contribution in [1.82, 2.24) is 0 Å². The van der Waals surface area contributed by atoms with E-state index in [1.807, 2.05) is 13.3 Å². The van der Waals surface area contributed by atoms with Gasteiger partial charge in [0.2, 0.25) is 0 Å². The van der Waals surface area contributed by atoms with Gasteiger partial charge in [-0.3, -0.25) is 4.99 Å². The zero-order valence-electron chi connectivity index (χ0n) is 23.6. The Balaban J connectivity index is 1.95. The van der Waals surface area contributed by atoms with Gasteiger partial charge in [0, 0.05) is 57.7 Å². The number of allylic oxidation sites excluding steroid dienone is 2. The highest BCUT2D eigenvalue weighted by Gasteiger charge is 2.03. The molecule has 0 fully saturated rings. The second kappa shape index (κ2) is 25.1. The Morgan fingerprint density at radius 2 is 1.50 bits per heavy atom. The molecule has 0 aliphatic heterocycles. The van der Waals surface area contributed by atoms with Crippen molar-refractivity contribution in [2.45, 2.75) is 110 Å². The molecule has 1 heterocycles. The van der Waals surface area contributed by atoms with E-state index in [4.69, 9.17) is 15.2 Å². The van der Waals surface area contributed by atoms with Crippen LogP contribution < -0.4 is 10.3 Å². The number of aromatic nitrogens is 1. The van der Waals surface area contributed by atoms with Crippen molar-refractivity contribution in [2.75, 3.05) is 40.0 Å². The minimum absolute atomic E-state index is 0.809. The van der Waals surface area contributed by atoms with Crippen molar-refractivity contribution in [3.05, 3.63) is 41.7 Å². The molecule has 0 amide bonds. The van der Waals surface area contributed by atoms with Crippen molar-refractivity contribution in [3.8, 4) is 0 Å². The first-order valence-corrected chi connectivity index (χ1v) is 14.7. The molecule has 0 aromatic carbocycles. The molecule has 0 bridgehead atoms. The number of unbranched alkanes of at least 4 members (excludes halogenated alkanes) is 8. The van der Waals surface area contributed by atoms with Gasteiger partial charge in [0.15, 0.2) is 12.4 Å². The van der Waals surface area contributed by atoms with Gasteiger partial charge in [-0.25, -0.2) is 4.57 Å². The second-order valence-corrected chi connectivity index (χ2v) is 9.78. The molecule has 5 nitrogen and oxygen atoms in total. The van der Waals surface area contributed by atoms with E-state index in [2.05, 4.69) is 47.1 Å². The monoisotopic (exact) mass is 502 g/mol. The fourth-order valence-corrected chi connectivity index (χ4v) is 4.38. The van der Waals surface area contributed by atoms with E-state index in [0.29, 0.717) is 0 Å². The first-order valence-electron chi connectivity index (χ1n) is 14.7. The Labute approximate surface area is 222 Å². The van der Waals surface area contributed by atoms with Crippen LogP contribution in [0.15, 0.2) is 41.2 Å². The van der Waals surface area contributed by atoms with Gasteiger partial charge in [-0.1, -0.05) is 45.1 Å². The van der Waals surface area contributed by atoms with Gasteiger partial charge in [-0.2, -0.15) is 0 Å². The molecule has 0 spiro atoms. The van der Waals surface area contributed by atoms with Crippen LogP contribution in [0.1, 0.15) is 102 Å². The van der Waals surface area contributed by atoms with Crippen LogP contribution in [-0.2, 0) is 22.4 Å². The fraction of sp³-hybridized carbons (Fsp3) is 0.742. The summed E-state index contributed by atoms with van der Waals surface area (Å²) in [6.07, 6.45) is 26.6. The third-order valence-electron chi connectivity index (χ3n) is 6.39. The molecule has 0 atom stereocenters. The minimum atomic E-state index is 0.809. The molecule has 1 aromatic heterocycles. The van der Waals surface area contributed by atoms with E-state index in [-0.39, 0.29) is 0 Å². The summed E-state index contributed by atoms with van der Waals surface area (Å²) < 4.78 is 14.0. The second-order valence-electron chi connectivity index (χ2n) is 9.78. The third-order valence-corrected chi connectivity index (χ3v) is 6.39. The van der Waals surface area contributed by atoms with Crippen LogP contribution in [0.3, 0.4) is 0 Å². The van der Waals surface area contributed by atoms with Gasteiger partial charge < -0.3 is 15.2 Å². The number of nitrogens with zero attached hydrogens (tertiary/aromatic N) is 2. The van der Waals surface area contributed by atoms with E-state index in [0.717, 1.165) is 84.5 Å². The molecule has 0 saturated heterocycles. The van der Waals surface area contributed by atoms with Crippen LogP contribution in [0.2, 0.25) is 0 Å². The van der Waals surface area contributed by atoms with E-state index >= 15 is 0 Å². The van der Waals surface area contributed by atoms with Crippen LogP contribution in [0.25, 0.3) is 0 Å². The zero-order valence-corrected chi connectivity index (χ0v) is 23.6. The largest absolute Gasteiger partial charge is 0.381 e. The molecule has 36 heavy (non-hydrogen) atoms. The maximum atomic E-state index is 5.82. The van der Waals surface area contributed by atoms with Gasteiger partial charge in [0.25, 0.3) is 0 Å². The van der Waals surface area contributed by atoms with Gasteiger partial charge in [-0.15, -0.1) is 0 Å². The van der Waals surface area contributed by atoms with Crippen molar-refractivity contribution in [1.29, 1.82) is 0 Å². The average Bonchev–Trinajstić information content (AvgIpc) is 2.89. The van der Waals surface area contributed by atoms with Crippen molar-refractivity contribution < 1.29 is 14.0 Å². The highest BCUT2D eigenvalue weighted by atomic mass is 16.5. The molecule has 1 rings (SSSR count). The van der Waals surface area contributed by atoms with Crippen molar-refractivity contribution in [2.24, 2.45) is 10.7 Å². The highest BCUT2D eigenvalue weighted by molar-refractivity contribution is 5.78. The minimum Gasteiger partial charge on any atom is -0.381 e. The fourth-order valence-electron chi connectivity index (χ4n) is 4.38. The van der Waals surface area contributed by atoms with E-state index in [1.54, 1.807) is 0 Å². The summed E-state index contributed by atoms with van der Waals surface area (Å²) in [4.78, 5) is 4.13. The standard InChI is InChI=1S/C31H56N3O2/c1-3-17-30(28-33-2)19-15-26-35-24-12-8-5-4-7-11-22-34-23-14-18-31(29-34)20-16-27-36-25-13-9-6-10-21-32/h14,17-18,23,28-29H,3-13,15-16,19-22,24-27,32H2,1-2H3/q+1/b30-17-,33-28?. The summed E-state index contributed by atoms with van der Waals surface area (Å²) in [5, 5.41) is 0. The van der Waals surface area contributed by atoms with Crippen molar-refractivity contribution >= 4 is 6.21 Å². The number of rotatable bonds is 25. The lowest BCUT2D eigenvalue weighted by atomic mass is 10.1. The number of hydrogen-bond acceptors (Lipinski definition) is 4. The normalized spacial score (nSPS) is 12.1. The number of aliphatic imine (C=N–C) groups is 1. The summed E-state index contributed by atoms with van der Waals surface area (Å²) in [6, 6.07) is 4.43. The maximum absolute atomic E-state index is 5.82. The van der Waals surface area contributed by atoms with Crippen LogP contribution >= 0.6 is 0 Å². The van der Waals surface area contributed by atoms with Crippen LogP contribution in [0.4, 0.5) is 0 Å². The molecule has 0 saturated carbocycles. The Kier molecular flexibility index (Phi) is 22.6. The third kappa shape index (κ3) is 19.6. The SMILES string of the molecule is CC/C=C(\C=NC)CCCOCCCCCCCC[n+]1cccc(CCCOCCCCCCN)c1. The summed E-state index contributed by atoms with van der Waals surface area (Å²) in [6.45, 7) is 7.61. The molecule has 0 aliphatic carbocycles. The number of pyridine rings is 1. The summed E-state index contributed by atoms with van der Waals surface area (Å²) >= 11 is 0. The number of aryl methyl sites for hydroxylation is 2. The average molecular weight is 503 g/mol. The van der Waals surface area contributed by atoms with Crippen LogP contribution in [0.5, 0.6) is 0 Å². The summed E-state index contributed by atoms with van der Waals surface area (Å²) in [5.41, 5.74) is 8.27. The first-order chi connectivity index (χ1) is 17.8. The van der Waals surface area contributed by atoms with E-state index in [1.165, 1.54) is 62.5 Å². The predicted molar refractivity (Wildman–Crippen MR) is 154 cm³/mol. The topological polar surface area (TPSA) is 60.7 Å². The van der Waals surface area contributed by atoms with Gasteiger partial charge in [0.1, 0.15) is 6.54 Å². The smallest absolute Gasteiger partial charge is 0.171 e. The summed E-state index contributed by atoms with van der Waals surface area (Å²) in [7, 11) is 1.84. The van der Waals surface area contributed by atoms with Crippen molar-refractivity contribution in [3.63, 3.8) is 0 Å². The van der Waals surface area contributed by atoms with Crippen LogP contribution in [0, 0.1) is 0 Å². The number of hydrogen-bond donors (Lipinski definition) is 1. The lowest BCUT2D eigenvalue weighted by Gasteiger charge is -2.05. The summed E-state index contributed by atoms with van der Waals surface area (Å²) in [5.74, 6) is 0. The quantitative estimate of drug-likeness (QED) is 0.0929. The molecule has 206 valence electrons.